The van der Waals surface area contributed by atoms with Gasteiger partial charge in [-0.05, 0) is 42.3 Å². The molecule has 0 aliphatic carbocycles. The van der Waals surface area contributed by atoms with Crippen molar-refractivity contribution in [2.24, 2.45) is 0 Å². The van der Waals surface area contributed by atoms with Crippen LogP contribution in [0.3, 0.4) is 0 Å². The predicted molar refractivity (Wildman–Crippen MR) is 125 cm³/mol. The molecule has 4 aromatic rings. The lowest BCUT2D eigenvalue weighted by molar-refractivity contribution is -0.137. The number of benzene rings is 1. The molecule has 1 aliphatic heterocycles. The summed E-state index contributed by atoms with van der Waals surface area (Å²) in [6.07, 6.45) is -1.29. The number of hydrogen-bond donors (Lipinski definition) is 3. The highest BCUT2D eigenvalue weighted by Gasteiger charge is 2.35. The number of piperidine rings is 1. The molecule has 4 heterocycles. The van der Waals surface area contributed by atoms with Crippen molar-refractivity contribution in [2.75, 3.05) is 18.4 Å². The monoisotopic (exact) mass is 518 g/mol. The molecule has 1 aromatic carbocycles. The fourth-order valence-electron chi connectivity index (χ4n) is 4.09. The third-order valence-corrected chi connectivity index (χ3v) is 7.96. The van der Waals surface area contributed by atoms with Crippen molar-refractivity contribution in [2.45, 2.75) is 29.6 Å². The van der Waals surface area contributed by atoms with E-state index in [1.807, 2.05) is 6.07 Å². The normalized spacial score (nSPS) is 19.4. The number of anilines is 1. The largest absolute Gasteiger partial charge is 0.417 e. The van der Waals surface area contributed by atoms with Crippen molar-refractivity contribution in [1.82, 2.24) is 24.5 Å². The maximum atomic E-state index is 13.2. The van der Waals surface area contributed by atoms with E-state index >= 15 is 0 Å². The lowest BCUT2D eigenvalue weighted by Crippen LogP contribution is -2.51. The fourth-order valence-corrected chi connectivity index (χ4v) is 5.56. The van der Waals surface area contributed by atoms with Crippen molar-refractivity contribution in [3.63, 3.8) is 0 Å². The number of rotatable bonds is 5. The highest BCUT2D eigenvalue weighted by atomic mass is 32.2. The van der Waals surface area contributed by atoms with E-state index in [0.29, 0.717) is 11.8 Å². The second kappa shape index (κ2) is 9.15. The first-order valence-electron chi connectivity index (χ1n) is 11.0. The Morgan fingerprint density at radius 3 is 2.47 bits per heavy atom. The van der Waals surface area contributed by atoms with Crippen LogP contribution in [0.1, 0.15) is 12.0 Å². The number of nitrogens with one attached hydrogen (secondary N) is 2. The van der Waals surface area contributed by atoms with Crippen LogP contribution in [-0.4, -0.2) is 63.2 Å². The molecular formula is C23H21F3N6O3S. The summed E-state index contributed by atoms with van der Waals surface area (Å²) in [4.78, 5) is 8.13. The van der Waals surface area contributed by atoms with Crippen LogP contribution in [0.4, 0.5) is 19.0 Å². The highest BCUT2D eigenvalue weighted by molar-refractivity contribution is 7.89. The molecule has 3 N–H and O–H groups in total. The summed E-state index contributed by atoms with van der Waals surface area (Å²) in [5.74, 6) is 0.169. The minimum Gasteiger partial charge on any atom is -0.390 e. The molecule has 0 radical (unpaired) electrons. The summed E-state index contributed by atoms with van der Waals surface area (Å²) in [6.45, 7) is -0.0377. The van der Waals surface area contributed by atoms with Crippen molar-refractivity contribution >= 4 is 26.9 Å². The molecule has 0 amide bonds. The van der Waals surface area contributed by atoms with Gasteiger partial charge < -0.3 is 10.4 Å². The lowest BCUT2D eigenvalue weighted by atomic mass is 10.0. The number of halogens is 3. The molecule has 1 fully saturated rings. The summed E-state index contributed by atoms with van der Waals surface area (Å²) in [5.41, 5.74) is 1.38. The van der Waals surface area contributed by atoms with Gasteiger partial charge in [0.15, 0.2) is 5.65 Å². The van der Waals surface area contributed by atoms with E-state index in [1.165, 1.54) is 22.5 Å². The lowest BCUT2D eigenvalue weighted by Gasteiger charge is -2.35. The third kappa shape index (κ3) is 4.76. The first-order chi connectivity index (χ1) is 17.1. The number of nitrogens with zero attached hydrogens (tertiary/aromatic N) is 4. The van der Waals surface area contributed by atoms with Crippen LogP contribution in [0.25, 0.3) is 22.2 Å². The van der Waals surface area contributed by atoms with E-state index < -0.39 is 33.9 Å². The Morgan fingerprint density at radius 1 is 1.03 bits per heavy atom. The molecule has 1 aliphatic rings. The maximum Gasteiger partial charge on any atom is 0.417 e. The second-order valence-electron chi connectivity index (χ2n) is 8.46. The molecule has 13 heteroatoms. The Kier molecular flexibility index (Phi) is 6.14. The molecule has 3 aromatic heterocycles. The van der Waals surface area contributed by atoms with Crippen LogP contribution >= 0.6 is 0 Å². The van der Waals surface area contributed by atoms with Crippen LogP contribution in [0.5, 0.6) is 0 Å². The Labute approximate surface area is 204 Å². The number of aliphatic hydroxyl groups excluding tert-OH is 1. The minimum absolute atomic E-state index is 0.0895. The van der Waals surface area contributed by atoms with Crippen LogP contribution in [-0.2, 0) is 16.2 Å². The molecule has 0 bridgehead atoms. The number of β-amino-alcohol motifs (C(OH)–C–C–N with tert-alkyl or cyclic N) is 1. The van der Waals surface area contributed by atoms with Crippen molar-refractivity contribution < 1.29 is 26.7 Å². The summed E-state index contributed by atoms with van der Waals surface area (Å²) in [6, 6.07) is 9.81. The van der Waals surface area contributed by atoms with E-state index in [0.717, 1.165) is 22.6 Å². The Bertz CT molecular complexity index is 1470. The number of hydrogen-bond acceptors (Lipinski definition) is 7. The zero-order valence-corrected chi connectivity index (χ0v) is 19.5. The van der Waals surface area contributed by atoms with Gasteiger partial charge in [-0.2, -0.15) is 22.6 Å². The summed E-state index contributed by atoms with van der Waals surface area (Å²) in [7, 11) is -3.86. The molecule has 5 rings (SSSR count). The Balaban J connectivity index is 1.25. The summed E-state index contributed by atoms with van der Waals surface area (Å²) >= 11 is 0. The van der Waals surface area contributed by atoms with Crippen LogP contribution in [0.2, 0.25) is 0 Å². The second-order valence-corrected chi connectivity index (χ2v) is 10.4. The maximum absolute atomic E-state index is 13.2. The molecule has 2 atom stereocenters. The van der Waals surface area contributed by atoms with Crippen LogP contribution in [0, 0.1) is 0 Å². The number of H-pyrrole nitrogens is 1. The minimum atomic E-state index is -4.49. The zero-order valence-electron chi connectivity index (χ0n) is 18.6. The molecule has 0 unspecified atom stereocenters. The average Bonchev–Trinajstić information content (AvgIpc) is 3.33. The van der Waals surface area contributed by atoms with E-state index in [2.05, 4.69) is 25.5 Å². The summed E-state index contributed by atoms with van der Waals surface area (Å²) in [5, 5.41) is 21.0. The number of aromatic nitrogens is 4. The van der Waals surface area contributed by atoms with Gasteiger partial charge in [0.2, 0.25) is 10.0 Å². The van der Waals surface area contributed by atoms with Gasteiger partial charge in [-0.1, -0.05) is 12.1 Å². The number of alkyl halides is 3. The van der Waals surface area contributed by atoms with E-state index in [9.17, 15) is 26.7 Å². The van der Waals surface area contributed by atoms with Crippen LogP contribution < -0.4 is 5.32 Å². The summed E-state index contributed by atoms with van der Waals surface area (Å²) < 4.78 is 65.7. The van der Waals surface area contributed by atoms with E-state index in [-0.39, 0.29) is 30.2 Å². The quantitative estimate of drug-likeness (QED) is 0.370. The average molecular weight is 519 g/mol. The van der Waals surface area contributed by atoms with Gasteiger partial charge in [-0.15, -0.1) is 0 Å². The number of sulfonamides is 1. The fraction of sp³-hybridized carbons (Fsp3) is 0.261. The van der Waals surface area contributed by atoms with Crippen molar-refractivity contribution in [3.8, 4) is 11.1 Å². The SMILES string of the molecule is O=S(=O)(c1ccc(-c2cnc3[nH]ncc3c2)cc1)N1CC[C@@H](Nc2ccc(C(F)(F)F)cn2)[C@@H](O)C1. The highest BCUT2D eigenvalue weighted by Crippen LogP contribution is 2.30. The van der Waals surface area contributed by atoms with Gasteiger partial charge >= 0.3 is 6.18 Å². The standard InChI is InChI=1S/C23H21F3N6O3S/c24-23(25,26)17-3-6-21(27-12-17)30-19-7-8-32(13-20(19)33)36(34,35)18-4-1-14(2-5-18)15-9-16-11-29-31-22(16)28-10-15/h1-6,9-12,19-20,33H,7-8,13H2,(H,27,30)(H,28,29,31)/t19-,20+/m1/s1. The third-order valence-electron chi connectivity index (χ3n) is 6.09. The molecule has 36 heavy (non-hydrogen) atoms. The Morgan fingerprint density at radius 2 is 1.81 bits per heavy atom. The molecule has 1 saturated heterocycles. The number of aromatic amines is 1. The van der Waals surface area contributed by atoms with E-state index in [4.69, 9.17) is 0 Å². The molecule has 9 nitrogen and oxygen atoms in total. The number of fused-ring (bicyclic) bond motifs is 1. The topological polar surface area (TPSA) is 124 Å². The van der Waals surface area contributed by atoms with Crippen molar-refractivity contribution in [1.29, 1.82) is 0 Å². The van der Waals surface area contributed by atoms with E-state index in [1.54, 1.807) is 24.5 Å². The number of aliphatic hydroxyl groups is 1. The van der Waals surface area contributed by atoms with Crippen LogP contribution in [0.15, 0.2) is 66.0 Å². The Hall–Kier alpha value is -3.55. The molecule has 188 valence electrons. The van der Waals surface area contributed by atoms with Gasteiger partial charge in [0.1, 0.15) is 5.82 Å². The van der Waals surface area contributed by atoms with Gasteiger partial charge in [-0.3, -0.25) is 5.10 Å². The van der Waals surface area contributed by atoms with Gasteiger partial charge in [-0.25, -0.2) is 18.4 Å². The zero-order chi connectivity index (χ0) is 25.5. The first-order valence-corrected chi connectivity index (χ1v) is 12.4. The smallest absolute Gasteiger partial charge is 0.390 e. The van der Waals surface area contributed by atoms with Crippen molar-refractivity contribution in [3.05, 3.63) is 66.6 Å². The molecule has 0 saturated carbocycles. The number of pyridine rings is 2. The molecule has 0 spiro atoms. The van der Waals surface area contributed by atoms with Gasteiger partial charge in [0.25, 0.3) is 0 Å². The predicted octanol–water partition coefficient (Wildman–Crippen LogP) is 3.27. The van der Waals surface area contributed by atoms with Gasteiger partial charge in [0, 0.05) is 36.4 Å². The first kappa shape index (κ1) is 24.2. The molecular weight excluding hydrogens is 497 g/mol. The van der Waals surface area contributed by atoms with Gasteiger partial charge in [0.05, 0.1) is 28.8 Å².